The lowest BCUT2D eigenvalue weighted by molar-refractivity contribution is -0.141. The predicted octanol–water partition coefficient (Wildman–Crippen LogP) is 1.90. The first-order chi connectivity index (χ1) is 8.91. The Labute approximate surface area is 113 Å². The first-order valence-electron chi connectivity index (χ1n) is 6.34. The van der Waals surface area contributed by atoms with E-state index in [2.05, 4.69) is 4.98 Å². The molecule has 1 aromatic heterocycles. The maximum atomic E-state index is 12.3. The minimum Gasteiger partial charge on any atom is -0.481 e. The molecule has 0 aromatic carbocycles. The smallest absolute Gasteiger partial charge is 0.308 e. The van der Waals surface area contributed by atoms with Crippen LogP contribution in [0.3, 0.4) is 0 Å². The number of carboxylic acids is 1. The third kappa shape index (κ3) is 4.69. The van der Waals surface area contributed by atoms with Crippen molar-refractivity contribution in [3.05, 3.63) is 30.1 Å². The van der Waals surface area contributed by atoms with E-state index in [0.29, 0.717) is 12.1 Å². The number of hydrogen-bond acceptors (Lipinski definition) is 3. The van der Waals surface area contributed by atoms with Crippen LogP contribution in [0.4, 0.5) is 0 Å². The minimum absolute atomic E-state index is 0.149. The van der Waals surface area contributed by atoms with E-state index < -0.39 is 11.9 Å². The lowest BCUT2D eigenvalue weighted by Gasteiger charge is -2.26. The van der Waals surface area contributed by atoms with Gasteiger partial charge >= 0.3 is 5.97 Å². The van der Waals surface area contributed by atoms with Crippen molar-refractivity contribution >= 4 is 11.9 Å². The number of carboxylic acid groups (broad SMARTS) is 1. The van der Waals surface area contributed by atoms with Gasteiger partial charge in [0.2, 0.25) is 0 Å². The summed E-state index contributed by atoms with van der Waals surface area (Å²) in [5, 5.41) is 8.97. The van der Waals surface area contributed by atoms with Gasteiger partial charge in [-0.1, -0.05) is 20.8 Å². The third-order valence-electron chi connectivity index (χ3n) is 2.72. The Bertz CT molecular complexity index is 432. The summed E-state index contributed by atoms with van der Waals surface area (Å²) in [6.07, 6.45) is 3.11. The van der Waals surface area contributed by atoms with Gasteiger partial charge in [0.1, 0.15) is 0 Å². The Morgan fingerprint density at radius 3 is 2.26 bits per heavy atom. The molecule has 1 atom stereocenters. The van der Waals surface area contributed by atoms with Crippen LogP contribution in [-0.2, 0) is 4.79 Å². The number of rotatable bonds is 6. The average molecular weight is 264 g/mol. The van der Waals surface area contributed by atoms with Crippen molar-refractivity contribution in [3.63, 3.8) is 0 Å². The van der Waals surface area contributed by atoms with E-state index in [1.54, 1.807) is 36.4 Å². The third-order valence-corrected chi connectivity index (χ3v) is 2.72. The molecule has 0 saturated carbocycles. The van der Waals surface area contributed by atoms with E-state index in [0.717, 1.165) is 0 Å². The summed E-state index contributed by atoms with van der Waals surface area (Å²) in [6, 6.07) is 3.28. The van der Waals surface area contributed by atoms with Gasteiger partial charge in [0.25, 0.3) is 5.91 Å². The number of carbonyl (C=O) groups is 2. The van der Waals surface area contributed by atoms with Crippen molar-refractivity contribution in [3.8, 4) is 0 Å². The van der Waals surface area contributed by atoms with Crippen LogP contribution in [0.1, 0.15) is 31.1 Å². The lowest BCUT2D eigenvalue weighted by atomic mass is 10.1. The van der Waals surface area contributed by atoms with Gasteiger partial charge in [0, 0.05) is 31.0 Å². The molecular weight excluding hydrogens is 244 g/mol. The van der Waals surface area contributed by atoms with Crippen molar-refractivity contribution in [2.45, 2.75) is 20.8 Å². The second-order valence-corrected chi connectivity index (χ2v) is 5.08. The molecular formula is C14H20N2O3. The number of aliphatic carboxylic acids is 1. The highest BCUT2D eigenvalue weighted by Crippen LogP contribution is 2.10. The van der Waals surface area contributed by atoms with Gasteiger partial charge in [-0.25, -0.2) is 0 Å². The summed E-state index contributed by atoms with van der Waals surface area (Å²) in [7, 11) is 0. The van der Waals surface area contributed by atoms with E-state index >= 15 is 0 Å². The van der Waals surface area contributed by atoms with Gasteiger partial charge in [0.05, 0.1) is 5.92 Å². The molecule has 0 aliphatic heterocycles. The number of pyridine rings is 1. The summed E-state index contributed by atoms with van der Waals surface area (Å²) in [6.45, 7) is 6.36. The van der Waals surface area contributed by atoms with Gasteiger partial charge in [-0.15, -0.1) is 0 Å². The number of carbonyl (C=O) groups excluding carboxylic acids is 1. The van der Waals surface area contributed by atoms with E-state index in [-0.39, 0.29) is 18.4 Å². The van der Waals surface area contributed by atoms with Crippen LogP contribution in [0, 0.1) is 11.8 Å². The Hall–Kier alpha value is -1.91. The molecule has 1 N–H and O–H groups in total. The van der Waals surface area contributed by atoms with Gasteiger partial charge in [-0.3, -0.25) is 14.6 Å². The van der Waals surface area contributed by atoms with Crippen LogP contribution < -0.4 is 0 Å². The fraction of sp³-hybridized carbons (Fsp3) is 0.500. The van der Waals surface area contributed by atoms with Crippen LogP contribution in [-0.4, -0.2) is 40.0 Å². The second-order valence-electron chi connectivity index (χ2n) is 5.08. The topological polar surface area (TPSA) is 70.5 Å². The Morgan fingerprint density at radius 1 is 1.21 bits per heavy atom. The fourth-order valence-corrected chi connectivity index (χ4v) is 1.77. The Balaban J connectivity index is 2.84. The van der Waals surface area contributed by atoms with Crippen LogP contribution in [0.25, 0.3) is 0 Å². The van der Waals surface area contributed by atoms with Gasteiger partial charge in [-0.2, -0.15) is 0 Å². The molecule has 1 rings (SSSR count). The highest BCUT2D eigenvalue weighted by molar-refractivity contribution is 5.94. The number of aromatic nitrogens is 1. The van der Waals surface area contributed by atoms with Crippen LogP contribution in [0.15, 0.2) is 24.5 Å². The van der Waals surface area contributed by atoms with Crippen molar-refractivity contribution in [1.29, 1.82) is 0 Å². The predicted molar refractivity (Wildman–Crippen MR) is 71.8 cm³/mol. The summed E-state index contributed by atoms with van der Waals surface area (Å²) in [5.41, 5.74) is 0.535. The molecule has 1 amide bonds. The monoisotopic (exact) mass is 264 g/mol. The fourth-order valence-electron chi connectivity index (χ4n) is 1.77. The normalized spacial score (nSPS) is 12.2. The zero-order valence-corrected chi connectivity index (χ0v) is 11.5. The van der Waals surface area contributed by atoms with Crippen molar-refractivity contribution < 1.29 is 14.7 Å². The van der Waals surface area contributed by atoms with E-state index in [1.165, 1.54) is 0 Å². The highest BCUT2D eigenvalue weighted by atomic mass is 16.4. The van der Waals surface area contributed by atoms with Crippen LogP contribution in [0.2, 0.25) is 0 Å². The SMILES string of the molecule is CC(C)CN(CC(C)C(=O)O)C(=O)c1ccncc1. The standard InChI is InChI=1S/C14H20N2O3/c1-10(2)8-16(9-11(3)14(18)19)13(17)12-4-6-15-7-5-12/h4-7,10-11H,8-9H2,1-3H3,(H,18,19). The molecule has 1 unspecified atom stereocenters. The molecule has 0 saturated heterocycles. The molecule has 5 nitrogen and oxygen atoms in total. The molecule has 0 radical (unpaired) electrons. The van der Waals surface area contributed by atoms with Gasteiger partial charge < -0.3 is 10.0 Å². The number of amides is 1. The second kappa shape index (κ2) is 6.87. The van der Waals surface area contributed by atoms with E-state index in [1.807, 2.05) is 13.8 Å². The molecule has 104 valence electrons. The zero-order chi connectivity index (χ0) is 14.4. The lowest BCUT2D eigenvalue weighted by Crippen LogP contribution is -2.39. The quantitative estimate of drug-likeness (QED) is 0.852. The van der Waals surface area contributed by atoms with E-state index in [9.17, 15) is 9.59 Å². The molecule has 19 heavy (non-hydrogen) atoms. The molecule has 0 fully saturated rings. The number of nitrogens with zero attached hydrogens (tertiary/aromatic N) is 2. The van der Waals surface area contributed by atoms with E-state index in [4.69, 9.17) is 5.11 Å². The Kier molecular flexibility index (Phi) is 5.48. The summed E-state index contributed by atoms with van der Waals surface area (Å²) in [4.78, 5) is 28.7. The molecule has 0 bridgehead atoms. The Morgan fingerprint density at radius 2 is 1.79 bits per heavy atom. The van der Waals surface area contributed by atoms with Gasteiger partial charge in [-0.05, 0) is 18.1 Å². The molecule has 1 aromatic rings. The van der Waals surface area contributed by atoms with Crippen LogP contribution in [0.5, 0.6) is 0 Å². The first kappa shape index (κ1) is 15.1. The van der Waals surface area contributed by atoms with Crippen molar-refractivity contribution in [2.75, 3.05) is 13.1 Å². The minimum atomic E-state index is -0.892. The summed E-state index contributed by atoms with van der Waals surface area (Å²) in [5.74, 6) is -1.34. The maximum absolute atomic E-state index is 12.3. The molecule has 0 spiro atoms. The van der Waals surface area contributed by atoms with Gasteiger partial charge in [0.15, 0.2) is 0 Å². The van der Waals surface area contributed by atoms with Crippen molar-refractivity contribution in [2.24, 2.45) is 11.8 Å². The molecule has 0 aliphatic carbocycles. The largest absolute Gasteiger partial charge is 0.481 e. The average Bonchev–Trinajstić information content (AvgIpc) is 2.37. The molecule has 0 aliphatic rings. The van der Waals surface area contributed by atoms with Crippen LogP contribution >= 0.6 is 0 Å². The van der Waals surface area contributed by atoms with Crippen molar-refractivity contribution in [1.82, 2.24) is 9.88 Å². The zero-order valence-electron chi connectivity index (χ0n) is 11.5. The maximum Gasteiger partial charge on any atom is 0.308 e. The molecule has 1 heterocycles. The molecule has 5 heteroatoms. The highest BCUT2D eigenvalue weighted by Gasteiger charge is 2.22. The first-order valence-corrected chi connectivity index (χ1v) is 6.34. The summed E-state index contributed by atoms with van der Waals surface area (Å²) >= 11 is 0. The number of hydrogen-bond donors (Lipinski definition) is 1. The summed E-state index contributed by atoms with van der Waals surface area (Å²) < 4.78 is 0.